The van der Waals surface area contributed by atoms with Gasteiger partial charge in [-0.15, -0.1) is 0 Å². The van der Waals surface area contributed by atoms with Crippen LogP contribution in [0, 0.1) is 5.41 Å². The minimum absolute atomic E-state index is 0.493. The Morgan fingerprint density at radius 3 is 2.88 bits per heavy atom. The molecule has 1 aromatic heterocycles. The summed E-state index contributed by atoms with van der Waals surface area (Å²) >= 11 is 0. The van der Waals surface area contributed by atoms with Gasteiger partial charge < -0.3 is 10.1 Å². The number of rotatable bonds is 1. The number of hydrogen-bond donors (Lipinski definition) is 1. The highest BCUT2D eigenvalue weighted by molar-refractivity contribution is 5.35. The molecule has 0 saturated carbocycles. The lowest BCUT2D eigenvalue weighted by atomic mass is 9.77. The van der Waals surface area contributed by atoms with Crippen molar-refractivity contribution in [3.8, 4) is 5.75 Å². The normalized spacial score (nSPS) is 22.1. The fourth-order valence-corrected chi connectivity index (χ4v) is 3.07. The zero-order chi connectivity index (χ0) is 11.0. The largest absolute Gasteiger partial charge is 0.495 e. The molecular formula is C13H18N2O. The van der Waals surface area contributed by atoms with Crippen LogP contribution in [-0.4, -0.2) is 25.2 Å². The third kappa shape index (κ3) is 1.59. The van der Waals surface area contributed by atoms with Crippen LogP contribution in [0.3, 0.4) is 0 Å². The molecule has 2 aliphatic rings. The topological polar surface area (TPSA) is 34.1 Å². The lowest BCUT2D eigenvalue weighted by Crippen LogP contribution is -2.37. The third-order valence-electron chi connectivity index (χ3n) is 4.04. The molecule has 3 nitrogen and oxygen atoms in total. The van der Waals surface area contributed by atoms with Gasteiger partial charge in [-0.3, -0.25) is 4.98 Å². The van der Waals surface area contributed by atoms with Crippen molar-refractivity contribution >= 4 is 0 Å². The highest BCUT2D eigenvalue weighted by Gasteiger charge is 2.38. The maximum Gasteiger partial charge on any atom is 0.137 e. The second-order valence-corrected chi connectivity index (χ2v) is 5.08. The van der Waals surface area contributed by atoms with Crippen molar-refractivity contribution in [3.63, 3.8) is 0 Å². The summed E-state index contributed by atoms with van der Waals surface area (Å²) in [7, 11) is 1.71. The number of methoxy groups -OCH3 is 1. The minimum Gasteiger partial charge on any atom is -0.495 e. The van der Waals surface area contributed by atoms with E-state index in [1.807, 2.05) is 6.20 Å². The summed E-state index contributed by atoms with van der Waals surface area (Å²) in [6.07, 6.45) is 6.76. The molecule has 3 rings (SSSR count). The molecule has 1 aromatic rings. The second-order valence-electron chi connectivity index (χ2n) is 5.08. The number of nitrogens with one attached hydrogen (secondary N) is 1. The molecule has 1 fully saturated rings. The number of aromatic nitrogens is 1. The van der Waals surface area contributed by atoms with Crippen molar-refractivity contribution < 1.29 is 4.74 Å². The van der Waals surface area contributed by atoms with Crippen molar-refractivity contribution in [2.24, 2.45) is 5.41 Å². The van der Waals surface area contributed by atoms with Gasteiger partial charge in [0.25, 0.3) is 0 Å². The predicted octanol–water partition coefficient (Wildman–Crippen LogP) is 1.56. The first-order chi connectivity index (χ1) is 7.81. The number of pyridine rings is 1. The first-order valence-electron chi connectivity index (χ1n) is 6.04. The molecule has 0 radical (unpaired) electrons. The van der Waals surface area contributed by atoms with Gasteiger partial charge in [0.2, 0.25) is 0 Å². The van der Waals surface area contributed by atoms with Crippen LogP contribution in [-0.2, 0) is 12.8 Å². The van der Waals surface area contributed by atoms with Crippen LogP contribution >= 0.6 is 0 Å². The Kier molecular flexibility index (Phi) is 2.36. The van der Waals surface area contributed by atoms with Crippen LogP contribution in [0.1, 0.15) is 24.1 Å². The summed E-state index contributed by atoms with van der Waals surface area (Å²) in [5.41, 5.74) is 3.19. The van der Waals surface area contributed by atoms with E-state index in [2.05, 4.69) is 16.4 Å². The Hall–Kier alpha value is -1.09. The Balaban J connectivity index is 1.87. The Morgan fingerprint density at radius 2 is 2.12 bits per heavy atom. The smallest absolute Gasteiger partial charge is 0.137 e. The van der Waals surface area contributed by atoms with Gasteiger partial charge in [-0.25, -0.2) is 0 Å². The first kappa shape index (κ1) is 10.1. The van der Waals surface area contributed by atoms with Gasteiger partial charge in [0, 0.05) is 5.69 Å². The zero-order valence-electron chi connectivity index (χ0n) is 9.75. The Morgan fingerprint density at radius 1 is 1.31 bits per heavy atom. The summed E-state index contributed by atoms with van der Waals surface area (Å²) < 4.78 is 5.24. The molecule has 0 amide bonds. The van der Waals surface area contributed by atoms with Crippen LogP contribution in [0.5, 0.6) is 5.75 Å². The molecule has 1 saturated heterocycles. The van der Waals surface area contributed by atoms with Gasteiger partial charge in [0.05, 0.1) is 13.3 Å². The maximum absolute atomic E-state index is 5.24. The number of hydrogen-bond acceptors (Lipinski definition) is 3. The van der Waals surface area contributed by atoms with Gasteiger partial charge in [-0.2, -0.15) is 0 Å². The number of fused-ring (bicyclic) bond motifs is 1. The third-order valence-corrected chi connectivity index (χ3v) is 4.04. The van der Waals surface area contributed by atoms with Gasteiger partial charge in [0.1, 0.15) is 5.75 Å². The molecule has 0 atom stereocenters. The van der Waals surface area contributed by atoms with E-state index < -0.39 is 0 Å². The molecule has 16 heavy (non-hydrogen) atoms. The van der Waals surface area contributed by atoms with Crippen LogP contribution in [0.15, 0.2) is 12.3 Å². The molecule has 3 heteroatoms. The van der Waals surface area contributed by atoms with Gasteiger partial charge in [0.15, 0.2) is 0 Å². The molecular weight excluding hydrogens is 200 g/mol. The van der Waals surface area contributed by atoms with Crippen molar-refractivity contribution in [3.05, 3.63) is 23.5 Å². The monoisotopic (exact) mass is 218 g/mol. The summed E-state index contributed by atoms with van der Waals surface area (Å²) in [6, 6.07) is 2.17. The molecule has 86 valence electrons. The van der Waals surface area contributed by atoms with Gasteiger partial charge >= 0.3 is 0 Å². The summed E-state index contributed by atoms with van der Waals surface area (Å²) in [4.78, 5) is 4.53. The minimum atomic E-state index is 0.493. The average Bonchev–Trinajstić information content (AvgIpc) is 2.66. The van der Waals surface area contributed by atoms with E-state index in [1.54, 1.807) is 7.11 Å². The van der Waals surface area contributed by atoms with Crippen LogP contribution in [0.4, 0.5) is 0 Å². The molecule has 1 aliphatic carbocycles. The van der Waals surface area contributed by atoms with E-state index in [0.29, 0.717) is 5.41 Å². The van der Waals surface area contributed by atoms with E-state index >= 15 is 0 Å². The van der Waals surface area contributed by atoms with E-state index in [9.17, 15) is 0 Å². The highest BCUT2D eigenvalue weighted by atomic mass is 16.5. The van der Waals surface area contributed by atoms with E-state index in [-0.39, 0.29) is 0 Å². The van der Waals surface area contributed by atoms with Crippen molar-refractivity contribution in [1.29, 1.82) is 0 Å². The first-order valence-corrected chi connectivity index (χ1v) is 6.04. The SMILES string of the molecule is COc1cnc2c(c1)CC1(CCNCC1)C2. The molecule has 2 heterocycles. The molecule has 1 spiro atoms. The van der Waals surface area contributed by atoms with E-state index in [1.165, 1.54) is 30.5 Å². The van der Waals surface area contributed by atoms with Crippen molar-refractivity contribution in [2.45, 2.75) is 25.7 Å². The maximum atomic E-state index is 5.24. The summed E-state index contributed by atoms with van der Waals surface area (Å²) in [6.45, 7) is 2.32. The highest BCUT2D eigenvalue weighted by Crippen LogP contribution is 2.43. The lowest BCUT2D eigenvalue weighted by molar-refractivity contribution is 0.215. The molecule has 1 N–H and O–H groups in total. The summed E-state index contributed by atoms with van der Waals surface area (Å²) in [5, 5.41) is 3.44. The van der Waals surface area contributed by atoms with Crippen LogP contribution < -0.4 is 10.1 Å². The fraction of sp³-hybridized carbons (Fsp3) is 0.615. The molecule has 0 bridgehead atoms. The van der Waals surface area contributed by atoms with Crippen molar-refractivity contribution in [1.82, 2.24) is 10.3 Å². The molecule has 0 unspecified atom stereocenters. The second kappa shape index (κ2) is 3.74. The number of piperidine rings is 1. The van der Waals surface area contributed by atoms with Gasteiger partial charge in [-0.05, 0) is 55.8 Å². The molecule has 1 aliphatic heterocycles. The van der Waals surface area contributed by atoms with Crippen molar-refractivity contribution in [2.75, 3.05) is 20.2 Å². The predicted molar refractivity (Wildman–Crippen MR) is 62.7 cm³/mol. The number of ether oxygens (including phenoxy) is 1. The fourth-order valence-electron chi connectivity index (χ4n) is 3.07. The quantitative estimate of drug-likeness (QED) is 0.776. The summed E-state index contributed by atoms with van der Waals surface area (Å²) in [5.74, 6) is 0.893. The molecule has 0 aromatic carbocycles. The Bertz CT molecular complexity index is 397. The van der Waals surface area contributed by atoms with Crippen LogP contribution in [0.25, 0.3) is 0 Å². The zero-order valence-corrected chi connectivity index (χ0v) is 9.75. The standard InChI is InChI=1S/C13H18N2O/c1-16-11-6-10-7-13(2-4-14-5-3-13)8-12(10)15-9-11/h6,9,14H,2-5,7-8H2,1H3. The van der Waals surface area contributed by atoms with E-state index in [4.69, 9.17) is 4.74 Å². The Labute approximate surface area is 96.2 Å². The van der Waals surface area contributed by atoms with E-state index in [0.717, 1.165) is 25.3 Å². The van der Waals surface area contributed by atoms with Crippen LogP contribution in [0.2, 0.25) is 0 Å². The van der Waals surface area contributed by atoms with Gasteiger partial charge in [-0.1, -0.05) is 0 Å². The lowest BCUT2D eigenvalue weighted by Gasteiger charge is -2.33. The number of nitrogens with zero attached hydrogens (tertiary/aromatic N) is 1. The average molecular weight is 218 g/mol.